The van der Waals surface area contributed by atoms with E-state index < -0.39 is 36.0 Å². The van der Waals surface area contributed by atoms with Crippen molar-refractivity contribution < 1.29 is 54.4 Å². The Morgan fingerprint density at radius 1 is 0.875 bits per heavy atom. The average molecular weight is 564 g/mol. The van der Waals surface area contributed by atoms with E-state index in [0.29, 0.717) is 17.9 Å². The van der Waals surface area contributed by atoms with E-state index in [1.165, 1.54) is 0 Å². The van der Waals surface area contributed by atoms with E-state index in [1.807, 2.05) is 6.92 Å². The van der Waals surface area contributed by atoms with Crippen LogP contribution in [0.15, 0.2) is 42.5 Å². The van der Waals surface area contributed by atoms with Crippen LogP contribution in [0, 0.1) is 0 Å². The van der Waals surface area contributed by atoms with Gasteiger partial charge in [0.2, 0.25) is 5.91 Å². The van der Waals surface area contributed by atoms with Crippen molar-refractivity contribution in [3.63, 3.8) is 0 Å². The molecule has 0 radical (unpaired) electrons. The lowest BCUT2D eigenvalue weighted by Crippen LogP contribution is -2.49. The van der Waals surface area contributed by atoms with Crippen molar-refractivity contribution in [3.05, 3.63) is 59.2 Å². The second kappa shape index (κ2) is 16.7. The van der Waals surface area contributed by atoms with E-state index in [2.05, 4.69) is 25.7 Å². The lowest BCUT2D eigenvalue weighted by molar-refractivity contribution is -0.286. The normalized spacial score (nSPS) is 11.5. The molecule has 0 saturated carbocycles. The summed E-state index contributed by atoms with van der Waals surface area (Å²) in [4.78, 5) is 56.5. The molecule has 14 nitrogen and oxygen atoms in total. The van der Waals surface area contributed by atoms with Gasteiger partial charge < -0.3 is 30.9 Å². The molecule has 1 unspecified atom stereocenters. The van der Waals surface area contributed by atoms with E-state index in [9.17, 15) is 29.4 Å². The van der Waals surface area contributed by atoms with Gasteiger partial charge in [0.15, 0.2) is 6.10 Å². The highest BCUT2D eigenvalue weighted by Gasteiger charge is 2.22. The van der Waals surface area contributed by atoms with Crippen LogP contribution in [-0.2, 0) is 21.0 Å². The summed E-state index contributed by atoms with van der Waals surface area (Å²) in [7, 11) is 0. The Kier molecular flexibility index (Phi) is 13.3. The van der Waals surface area contributed by atoms with Gasteiger partial charge >= 0.3 is 18.0 Å². The van der Waals surface area contributed by atoms with E-state index in [1.54, 1.807) is 24.3 Å². The Balaban J connectivity index is 2.16. The first kappa shape index (κ1) is 32.0. The van der Waals surface area contributed by atoms with Gasteiger partial charge in [-0.2, -0.15) is 0 Å². The topological polar surface area (TPSA) is 213 Å². The molecule has 0 aliphatic rings. The van der Waals surface area contributed by atoms with Crippen molar-refractivity contribution in [3.8, 4) is 5.75 Å². The minimum atomic E-state index is -1.37. The van der Waals surface area contributed by atoms with Gasteiger partial charge in [0, 0.05) is 18.7 Å². The van der Waals surface area contributed by atoms with E-state index >= 15 is 0 Å². The van der Waals surface area contributed by atoms with Crippen LogP contribution in [0.1, 0.15) is 52.5 Å². The molecule has 0 bridgehead atoms. The molecule has 3 amide bonds. The largest absolute Gasteiger partial charge is 0.485 e. The minimum Gasteiger partial charge on any atom is -0.485 e. The van der Waals surface area contributed by atoms with Crippen LogP contribution in [0.3, 0.4) is 0 Å². The van der Waals surface area contributed by atoms with Crippen molar-refractivity contribution in [1.82, 2.24) is 10.6 Å². The molecular weight excluding hydrogens is 530 g/mol. The Morgan fingerprint density at radius 2 is 1.48 bits per heavy atom. The SMILES string of the molecule is CCCCCNC(=O)C(Cc1ccc(OC(COO)COO)cc1)NC(=O)Nc1cc(C(=O)O)cc(C(=O)O)c1. The lowest BCUT2D eigenvalue weighted by Gasteiger charge is -2.20. The molecule has 0 spiro atoms. The number of amides is 3. The molecule has 218 valence electrons. The van der Waals surface area contributed by atoms with Crippen LogP contribution >= 0.6 is 0 Å². The number of urea groups is 1. The Hall–Kier alpha value is -4.24. The van der Waals surface area contributed by atoms with Gasteiger partial charge in [-0.25, -0.2) is 24.2 Å². The van der Waals surface area contributed by atoms with Crippen LogP contribution in [-0.4, -0.2) is 76.5 Å². The number of nitrogens with one attached hydrogen (secondary N) is 3. The quantitative estimate of drug-likeness (QED) is 0.0844. The zero-order valence-corrected chi connectivity index (χ0v) is 21.8. The summed E-state index contributed by atoms with van der Waals surface area (Å²) in [5, 5.41) is 43.5. The molecule has 0 saturated heterocycles. The molecule has 2 aromatic rings. The number of hydrogen-bond acceptors (Lipinski definition) is 9. The van der Waals surface area contributed by atoms with Crippen molar-refractivity contribution in [2.24, 2.45) is 0 Å². The van der Waals surface area contributed by atoms with E-state index in [-0.39, 0.29) is 36.4 Å². The number of unbranched alkanes of at least 4 members (excludes halogenated alkanes) is 2. The van der Waals surface area contributed by atoms with Crippen molar-refractivity contribution >= 4 is 29.6 Å². The predicted octanol–water partition coefficient (Wildman–Crippen LogP) is 2.85. The third-order valence-corrected chi connectivity index (χ3v) is 5.57. The number of carboxylic acid groups (broad SMARTS) is 2. The fraction of sp³-hybridized carbons (Fsp3) is 0.385. The number of carboxylic acids is 2. The monoisotopic (exact) mass is 563 g/mol. The molecule has 0 aliphatic carbocycles. The van der Waals surface area contributed by atoms with Gasteiger partial charge in [-0.3, -0.25) is 15.3 Å². The maximum absolute atomic E-state index is 12.9. The van der Waals surface area contributed by atoms with Gasteiger partial charge in [-0.1, -0.05) is 31.9 Å². The fourth-order valence-electron chi connectivity index (χ4n) is 3.61. The number of carbonyl (C=O) groups is 4. The maximum Gasteiger partial charge on any atom is 0.335 e. The first-order valence-corrected chi connectivity index (χ1v) is 12.4. The smallest absolute Gasteiger partial charge is 0.335 e. The number of ether oxygens (including phenoxy) is 1. The highest BCUT2D eigenvalue weighted by atomic mass is 17.1. The summed E-state index contributed by atoms with van der Waals surface area (Å²) in [6, 6.07) is 7.75. The van der Waals surface area contributed by atoms with Gasteiger partial charge in [-0.15, -0.1) is 0 Å². The van der Waals surface area contributed by atoms with Crippen LogP contribution in [0.5, 0.6) is 5.75 Å². The summed E-state index contributed by atoms with van der Waals surface area (Å²) in [5.74, 6) is -2.83. The van der Waals surface area contributed by atoms with E-state index in [0.717, 1.165) is 37.5 Å². The number of carbonyl (C=O) groups excluding carboxylic acids is 2. The fourth-order valence-corrected chi connectivity index (χ4v) is 3.61. The summed E-state index contributed by atoms with van der Waals surface area (Å²) in [6.45, 7) is 1.91. The molecule has 0 aromatic heterocycles. The summed E-state index contributed by atoms with van der Waals surface area (Å²) < 4.78 is 5.55. The molecule has 2 rings (SSSR count). The van der Waals surface area contributed by atoms with Gasteiger partial charge in [0.05, 0.1) is 11.1 Å². The van der Waals surface area contributed by atoms with Crippen LogP contribution in [0.4, 0.5) is 10.5 Å². The maximum atomic E-state index is 12.9. The molecule has 7 N–H and O–H groups in total. The van der Waals surface area contributed by atoms with Gasteiger partial charge in [0.1, 0.15) is 25.0 Å². The third kappa shape index (κ3) is 10.9. The number of rotatable bonds is 17. The molecule has 1 atom stereocenters. The molecule has 40 heavy (non-hydrogen) atoms. The second-order valence-electron chi connectivity index (χ2n) is 8.74. The molecule has 2 aromatic carbocycles. The van der Waals surface area contributed by atoms with Gasteiger partial charge in [0.25, 0.3) is 0 Å². The second-order valence-corrected chi connectivity index (χ2v) is 8.74. The number of anilines is 1. The molecule has 0 fully saturated rings. The van der Waals surface area contributed by atoms with Gasteiger partial charge in [-0.05, 0) is 42.3 Å². The lowest BCUT2D eigenvalue weighted by atomic mass is 10.0. The first-order chi connectivity index (χ1) is 19.2. The summed E-state index contributed by atoms with van der Waals surface area (Å²) in [6.07, 6.45) is 1.90. The first-order valence-electron chi connectivity index (χ1n) is 12.4. The molecule has 14 heteroatoms. The van der Waals surface area contributed by atoms with Crippen LogP contribution in [0.25, 0.3) is 0 Å². The Morgan fingerprint density at radius 3 is 2.00 bits per heavy atom. The highest BCUT2D eigenvalue weighted by Crippen LogP contribution is 2.17. The predicted molar refractivity (Wildman–Crippen MR) is 141 cm³/mol. The zero-order valence-electron chi connectivity index (χ0n) is 21.8. The summed E-state index contributed by atoms with van der Waals surface area (Å²) >= 11 is 0. The minimum absolute atomic E-state index is 0.0752. The molecule has 0 aliphatic heterocycles. The van der Waals surface area contributed by atoms with Crippen LogP contribution < -0.4 is 20.7 Å². The van der Waals surface area contributed by atoms with Crippen LogP contribution in [0.2, 0.25) is 0 Å². The third-order valence-electron chi connectivity index (χ3n) is 5.57. The number of benzene rings is 2. The number of hydrogen-bond donors (Lipinski definition) is 7. The van der Waals surface area contributed by atoms with Crippen molar-refractivity contribution in [2.45, 2.75) is 44.8 Å². The Labute approximate surface area is 229 Å². The standard InChI is InChI=1S/C26H33N3O11/c1-2-3-4-9-27-23(30)22(10-16-5-7-20(8-6-16)40-21(14-38-36)15-39-37)29-26(35)28-19-12-17(24(31)32)11-18(13-19)25(33)34/h5-8,11-13,21-22,36-37H,2-4,9-10,14-15H2,1H3,(H,27,30)(H,31,32)(H,33,34)(H2,28,29,35). The zero-order chi connectivity index (χ0) is 29.5. The van der Waals surface area contributed by atoms with Crippen molar-refractivity contribution in [1.29, 1.82) is 0 Å². The van der Waals surface area contributed by atoms with E-state index in [4.69, 9.17) is 15.3 Å². The number of aromatic carboxylic acids is 2. The average Bonchev–Trinajstić information content (AvgIpc) is 2.91. The molecular formula is C26H33N3O11. The highest BCUT2D eigenvalue weighted by molar-refractivity contribution is 5.99. The summed E-state index contributed by atoms with van der Waals surface area (Å²) in [5.41, 5.74) is -0.0930. The molecule has 0 heterocycles. The van der Waals surface area contributed by atoms with Crippen molar-refractivity contribution in [2.75, 3.05) is 25.1 Å². The Bertz CT molecular complexity index is 1100.